The molecule has 0 amide bonds. The normalized spacial score (nSPS) is 11.7. The molecule has 0 saturated heterocycles. The number of aromatic hydroxyl groups is 1. The van der Waals surface area contributed by atoms with Crippen LogP contribution < -0.4 is 5.59 Å². The van der Waals surface area contributed by atoms with E-state index in [-0.39, 0.29) is 21.9 Å². The zero-order valence-electron chi connectivity index (χ0n) is 11.8. The SMILES string of the molecule is CC(C)(C)OC(=O)n1c(B(O)O)cc2cc(O)cc(Cl)c21. The van der Waals surface area contributed by atoms with Gasteiger partial charge in [0, 0.05) is 11.5 Å². The molecule has 112 valence electrons. The summed E-state index contributed by atoms with van der Waals surface area (Å²) in [4.78, 5) is 12.3. The third-order valence-electron chi connectivity index (χ3n) is 2.70. The topological polar surface area (TPSA) is 91.9 Å². The number of benzene rings is 1. The summed E-state index contributed by atoms with van der Waals surface area (Å²) in [5, 5.41) is 28.9. The maximum absolute atomic E-state index is 12.3. The van der Waals surface area contributed by atoms with Crippen LogP contribution in [-0.4, -0.2) is 38.5 Å². The van der Waals surface area contributed by atoms with Gasteiger partial charge >= 0.3 is 13.2 Å². The Morgan fingerprint density at radius 1 is 1.29 bits per heavy atom. The van der Waals surface area contributed by atoms with E-state index < -0.39 is 18.8 Å². The van der Waals surface area contributed by atoms with E-state index in [2.05, 4.69) is 0 Å². The van der Waals surface area contributed by atoms with Crippen LogP contribution in [0.2, 0.25) is 5.02 Å². The molecule has 1 aromatic carbocycles. The van der Waals surface area contributed by atoms with Gasteiger partial charge in [-0.15, -0.1) is 0 Å². The van der Waals surface area contributed by atoms with E-state index in [0.717, 1.165) is 4.57 Å². The monoisotopic (exact) mass is 311 g/mol. The van der Waals surface area contributed by atoms with Crippen molar-refractivity contribution in [1.29, 1.82) is 0 Å². The molecule has 0 bridgehead atoms. The fourth-order valence-corrected chi connectivity index (χ4v) is 2.30. The fraction of sp³-hybridized carbons (Fsp3) is 0.308. The predicted molar refractivity (Wildman–Crippen MR) is 80.1 cm³/mol. The van der Waals surface area contributed by atoms with E-state index in [1.807, 2.05) is 0 Å². The van der Waals surface area contributed by atoms with Gasteiger partial charge in [-0.1, -0.05) is 11.6 Å². The van der Waals surface area contributed by atoms with E-state index in [0.29, 0.717) is 5.39 Å². The van der Waals surface area contributed by atoms with Crippen molar-refractivity contribution in [2.24, 2.45) is 0 Å². The Bertz CT molecular complexity index is 705. The van der Waals surface area contributed by atoms with Crippen molar-refractivity contribution in [2.45, 2.75) is 26.4 Å². The summed E-state index contributed by atoms with van der Waals surface area (Å²) in [6.45, 7) is 5.08. The number of phenols is 1. The first-order valence-corrected chi connectivity index (χ1v) is 6.61. The van der Waals surface area contributed by atoms with Gasteiger partial charge in [-0.25, -0.2) is 4.79 Å². The third-order valence-corrected chi connectivity index (χ3v) is 2.99. The number of hydrogen-bond donors (Lipinski definition) is 3. The van der Waals surface area contributed by atoms with Gasteiger partial charge in [0.05, 0.1) is 16.1 Å². The van der Waals surface area contributed by atoms with Gasteiger partial charge < -0.3 is 19.9 Å². The Balaban J connectivity index is 2.70. The van der Waals surface area contributed by atoms with Crippen molar-refractivity contribution < 1.29 is 24.7 Å². The number of aromatic nitrogens is 1. The van der Waals surface area contributed by atoms with E-state index >= 15 is 0 Å². The van der Waals surface area contributed by atoms with Crippen LogP contribution in [-0.2, 0) is 4.74 Å². The van der Waals surface area contributed by atoms with Gasteiger partial charge in [-0.05, 0) is 32.9 Å². The molecule has 0 aliphatic heterocycles. The second kappa shape index (κ2) is 5.25. The molecule has 0 unspecified atom stereocenters. The molecule has 0 radical (unpaired) electrons. The second-order valence-corrected chi connectivity index (χ2v) is 6.03. The number of halogens is 1. The summed E-state index contributed by atoms with van der Waals surface area (Å²) in [6.07, 6.45) is -0.784. The molecule has 1 aromatic heterocycles. The fourth-order valence-electron chi connectivity index (χ4n) is 2.00. The first-order chi connectivity index (χ1) is 9.60. The highest BCUT2D eigenvalue weighted by Crippen LogP contribution is 2.29. The number of phenolic OH excluding ortho intramolecular Hbond substituents is 1. The van der Waals surface area contributed by atoms with Crippen molar-refractivity contribution in [3.05, 3.63) is 23.2 Å². The minimum Gasteiger partial charge on any atom is -0.508 e. The smallest absolute Gasteiger partial charge is 0.506 e. The highest BCUT2D eigenvalue weighted by Gasteiger charge is 2.28. The minimum atomic E-state index is -1.89. The van der Waals surface area contributed by atoms with Gasteiger partial charge in [0.1, 0.15) is 11.4 Å². The molecule has 0 aliphatic rings. The molecular formula is C13H15BClNO5. The molecule has 2 rings (SSSR count). The average Bonchev–Trinajstić information content (AvgIpc) is 2.65. The zero-order valence-corrected chi connectivity index (χ0v) is 12.5. The highest BCUT2D eigenvalue weighted by atomic mass is 35.5. The van der Waals surface area contributed by atoms with Crippen LogP contribution in [0.3, 0.4) is 0 Å². The molecule has 8 heteroatoms. The maximum atomic E-state index is 12.3. The van der Waals surface area contributed by atoms with Gasteiger partial charge in [0.15, 0.2) is 0 Å². The Morgan fingerprint density at radius 2 is 1.90 bits per heavy atom. The first-order valence-electron chi connectivity index (χ1n) is 6.23. The Hall–Kier alpha value is -1.70. The summed E-state index contributed by atoms with van der Waals surface area (Å²) in [5.74, 6) is -0.0900. The van der Waals surface area contributed by atoms with Gasteiger partial charge in [-0.3, -0.25) is 4.57 Å². The molecule has 21 heavy (non-hydrogen) atoms. The quantitative estimate of drug-likeness (QED) is 0.694. The molecule has 3 N–H and O–H groups in total. The van der Waals surface area contributed by atoms with Crippen LogP contribution in [0.15, 0.2) is 18.2 Å². The molecule has 1 heterocycles. The summed E-state index contributed by atoms with van der Waals surface area (Å²) >= 11 is 6.05. The first kappa shape index (κ1) is 15.7. The lowest BCUT2D eigenvalue weighted by atomic mass is 9.86. The highest BCUT2D eigenvalue weighted by molar-refractivity contribution is 6.59. The molecule has 0 fully saturated rings. The third kappa shape index (κ3) is 3.15. The zero-order chi connectivity index (χ0) is 15.9. The van der Waals surface area contributed by atoms with E-state index in [1.54, 1.807) is 20.8 Å². The number of fused-ring (bicyclic) bond motifs is 1. The number of rotatable bonds is 1. The number of nitrogens with zero attached hydrogens (tertiary/aromatic N) is 1. The maximum Gasteiger partial charge on any atom is 0.506 e. The molecule has 0 saturated carbocycles. The van der Waals surface area contributed by atoms with Crippen LogP contribution in [0.1, 0.15) is 20.8 Å². The molecule has 0 spiro atoms. The predicted octanol–water partition coefficient (Wildman–Crippen LogP) is 1.46. The van der Waals surface area contributed by atoms with E-state index in [4.69, 9.17) is 16.3 Å². The molecule has 0 aliphatic carbocycles. The molecule has 2 aromatic rings. The summed E-state index contributed by atoms with van der Waals surface area (Å²) < 4.78 is 6.24. The van der Waals surface area contributed by atoms with Gasteiger partial charge in [0.25, 0.3) is 0 Å². The Kier molecular flexibility index (Phi) is 3.92. The van der Waals surface area contributed by atoms with Crippen LogP contribution in [0.25, 0.3) is 10.9 Å². The lowest BCUT2D eigenvalue weighted by Crippen LogP contribution is -2.41. The van der Waals surface area contributed by atoms with Crippen molar-refractivity contribution in [3.63, 3.8) is 0 Å². The van der Waals surface area contributed by atoms with Crippen LogP contribution in [0, 0.1) is 0 Å². The van der Waals surface area contributed by atoms with Gasteiger partial charge in [-0.2, -0.15) is 0 Å². The number of hydrogen-bond acceptors (Lipinski definition) is 5. The van der Waals surface area contributed by atoms with Crippen molar-refractivity contribution >= 4 is 41.3 Å². The summed E-state index contributed by atoms with van der Waals surface area (Å²) in [7, 11) is -1.89. The molecule has 6 nitrogen and oxygen atoms in total. The molecule has 0 atom stereocenters. The minimum absolute atomic E-state index is 0.0900. The summed E-state index contributed by atoms with van der Waals surface area (Å²) in [6, 6.07) is 3.99. The standard InChI is InChI=1S/C13H15BClNO5/c1-13(2,3)21-12(18)16-10(14(19)20)5-7-4-8(17)6-9(15)11(7)16/h4-6,17,19-20H,1-3H3. The lowest BCUT2D eigenvalue weighted by Gasteiger charge is -2.21. The lowest BCUT2D eigenvalue weighted by molar-refractivity contribution is 0.0547. The summed E-state index contributed by atoms with van der Waals surface area (Å²) in [5.41, 5.74) is -0.604. The van der Waals surface area contributed by atoms with E-state index in [1.165, 1.54) is 18.2 Å². The Morgan fingerprint density at radius 3 is 2.43 bits per heavy atom. The number of carbonyl (C=O) groups is 1. The van der Waals surface area contributed by atoms with Crippen LogP contribution in [0.4, 0.5) is 4.79 Å². The Labute approximate surface area is 126 Å². The van der Waals surface area contributed by atoms with Crippen LogP contribution in [0.5, 0.6) is 5.75 Å². The van der Waals surface area contributed by atoms with Crippen LogP contribution >= 0.6 is 11.6 Å². The van der Waals surface area contributed by atoms with Crippen molar-refractivity contribution in [2.75, 3.05) is 0 Å². The number of ether oxygens (including phenoxy) is 1. The van der Waals surface area contributed by atoms with E-state index in [9.17, 15) is 19.9 Å². The number of carbonyl (C=O) groups excluding carboxylic acids is 1. The second-order valence-electron chi connectivity index (χ2n) is 5.62. The van der Waals surface area contributed by atoms with Crippen molar-refractivity contribution in [3.8, 4) is 5.75 Å². The molecular weight excluding hydrogens is 296 g/mol. The van der Waals surface area contributed by atoms with Gasteiger partial charge in [0.2, 0.25) is 0 Å². The average molecular weight is 312 g/mol. The van der Waals surface area contributed by atoms with Crippen molar-refractivity contribution in [1.82, 2.24) is 4.57 Å². The largest absolute Gasteiger partial charge is 0.508 e.